The molecule has 3 atom stereocenters. The largest absolute Gasteiger partial charge is 0.493 e. The molecule has 2 spiro atoms. The van der Waals surface area contributed by atoms with Gasteiger partial charge in [0.2, 0.25) is 0 Å². The van der Waals surface area contributed by atoms with Crippen molar-refractivity contribution in [3.8, 4) is 11.5 Å². The lowest BCUT2D eigenvalue weighted by Crippen LogP contribution is -2.56. The van der Waals surface area contributed by atoms with Crippen molar-refractivity contribution < 1.29 is 36.3 Å². The Morgan fingerprint density at radius 1 is 1.10 bits per heavy atom. The highest BCUT2D eigenvalue weighted by molar-refractivity contribution is 7.86. The maximum Gasteiger partial charge on any atom is 0.265 e. The van der Waals surface area contributed by atoms with Crippen LogP contribution < -0.4 is 9.47 Å². The summed E-state index contributed by atoms with van der Waals surface area (Å²) >= 11 is 0. The van der Waals surface area contributed by atoms with E-state index in [1.807, 2.05) is 17.0 Å². The second kappa shape index (κ2) is 7.06. The van der Waals surface area contributed by atoms with E-state index in [0.29, 0.717) is 56.9 Å². The average Bonchev–Trinajstić information content (AvgIpc) is 3.28. The number of benzene rings is 1. The van der Waals surface area contributed by atoms with Crippen LogP contribution in [0.15, 0.2) is 12.1 Å². The Labute approximate surface area is 181 Å². The number of carbonyl (C=O) groups excluding carboxylic acids is 1. The normalized spacial score (nSPS) is 31.3. The van der Waals surface area contributed by atoms with Gasteiger partial charge < -0.3 is 23.8 Å². The highest BCUT2D eigenvalue weighted by Crippen LogP contribution is 2.60. The van der Waals surface area contributed by atoms with Gasteiger partial charge in [0.05, 0.1) is 39.2 Å². The van der Waals surface area contributed by atoms with Gasteiger partial charge >= 0.3 is 0 Å². The summed E-state index contributed by atoms with van der Waals surface area (Å²) in [6, 6.07) is 3.89. The van der Waals surface area contributed by atoms with E-state index in [9.17, 15) is 13.2 Å². The van der Waals surface area contributed by atoms with Crippen LogP contribution in [0.3, 0.4) is 0 Å². The molecular formula is C21H27NO8S. The fourth-order valence-electron chi connectivity index (χ4n) is 6.00. The Balaban J connectivity index is 1.68. The molecule has 1 aromatic carbocycles. The second-order valence-electron chi connectivity index (χ2n) is 8.67. The highest BCUT2D eigenvalue weighted by Gasteiger charge is 2.67. The zero-order valence-electron chi connectivity index (χ0n) is 17.9. The lowest BCUT2D eigenvalue weighted by Gasteiger charge is -2.52. The molecule has 1 saturated carbocycles. The SMILES string of the molecule is COc1cc2c(cc1OC)[C@@]13CCC4(C[C@@H]1[C@H](OS(C)(=O)=O)C(=O)N3CC2)OCCO4. The average molecular weight is 454 g/mol. The molecule has 2 saturated heterocycles. The van der Waals surface area contributed by atoms with Crippen molar-refractivity contribution in [3.05, 3.63) is 23.3 Å². The maximum absolute atomic E-state index is 13.5. The van der Waals surface area contributed by atoms with E-state index >= 15 is 0 Å². The minimum atomic E-state index is -3.85. The van der Waals surface area contributed by atoms with E-state index in [1.165, 1.54) is 0 Å². The second-order valence-corrected chi connectivity index (χ2v) is 10.3. The van der Waals surface area contributed by atoms with Crippen LogP contribution in [0.1, 0.15) is 30.4 Å². The summed E-state index contributed by atoms with van der Waals surface area (Å²) in [5.41, 5.74) is 1.32. The molecule has 4 aliphatic rings. The Kier molecular flexibility index (Phi) is 4.78. The molecule has 3 fully saturated rings. The van der Waals surface area contributed by atoms with E-state index in [-0.39, 0.29) is 5.91 Å². The van der Waals surface area contributed by atoms with Gasteiger partial charge in [-0.25, -0.2) is 0 Å². The van der Waals surface area contributed by atoms with Crippen LogP contribution in [0, 0.1) is 5.92 Å². The molecule has 31 heavy (non-hydrogen) atoms. The first kappa shape index (κ1) is 21.0. The van der Waals surface area contributed by atoms with Crippen molar-refractivity contribution in [1.29, 1.82) is 0 Å². The fourth-order valence-corrected chi connectivity index (χ4v) is 6.59. The van der Waals surface area contributed by atoms with Gasteiger partial charge in [-0.2, -0.15) is 8.42 Å². The van der Waals surface area contributed by atoms with Gasteiger partial charge in [-0.3, -0.25) is 8.98 Å². The summed E-state index contributed by atoms with van der Waals surface area (Å²) in [6.45, 7) is 1.45. The van der Waals surface area contributed by atoms with Crippen molar-refractivity contribution in [2.75, 3.05) is 40.2 Å². The van der Waals surface area contributed by atoms with Gasteiger partial charge in [0, 0.05) is 25.3 Å². The minimum absolute atomic E-state index is 0.300. The molecule has 0 bridgehead atoms. The van der Waals surface area contributed by atoms with Gasteiger partial charge in [-0.1, -0.05) is 0 Å². The fraction of sp³-hybridized carbons (Fsp3) is 0.667. The Morgan fingerprint density at radius 3 is 2.42 bits per heavy atom. The van der Waals surface area contributed by atoms with Crippen LogP contribution >= 0.6 is 0 Å². The van der Waals surface area contributed by atoms with Crippen LogP contribution in [-0.4, -0.2) is 71.3 Å². The number of nitrogens with zero attached hydrogens (tertiary/aromatic N) is 1. The molecule has 0 aromatic heterocycles. The van der Waals surface area contributed by atoms with Crippen LogP contribution in [0.4, 0.5) is 0 Å². The first-order valence-corrected chi connectivity index (χ1v) is 12.3. The Bertz CT molecular complexity index is 1020. The van der Waals surface area contributed by atoms with Crippen LogP contribution in [0.5, 0.6) is 11.5 Å². The van der Waals surface area contributed by atoms with Gasteiger partial charge in [0.25, 0.3) is 16.0 Å². The number of rotatable bonds is 4. The third kappa shape index (κ3) is 3.06. The topological polar surface area (TPSA) is 101 Å². The first-order valence-electron chi connectivity index (χ1n) is 10.5. The summed E-state index contributed by atoms with van der Waals surface area (Å²) in [4.78, 5) is 15.3. The summed E-state index contributed by atoms with van der Waals surface area (Å²) in [7, 11) is -0.680. The van der Waals surface area contributed by atoms with Crippen molar-refractivity contribution >= 4 is 16.0 Å². The molecular weight excluding hydrogens is 426 g/mol. The van der Waals surface area contributed by atoms with E-state index in [1.54, 1.807) is 14.2 Å². The number of ether oxygens (including phenoxy) is 4. The predicted molar refractivity (Wildman–Crippen MR) is 108 cm³/mol. The highest BCUT2D eigenvalue weighted by atomic mass is 32.2. The summed E-state index contributed by atoms with van der Waals surface area (Å²) in [5, 5.41) is 0. The molecule has 5 rings (SSSR count). The van der Waals surface area contributed by atoms with Crippen LogP contribution in [0.2, 0.25) is 0 Å². The number of hydrogen-bond acceptors (Lipinski definition) is 8. The number of carbonyl (C=O) groups is 1. The van der Waals surface area contributed by atoms with Gasteiger partial charge in [-0.15, -0.1) is 0 Å². The quantitative estimate of drug-likeness (QED) is 0.627. The van der Waals surface area contributed by atoms with Crippen molar-refractivity contribution in [1.82, 2.24) is 4.90 Å². The molecule has 0 N–H and O–H groups in total. The smallest absolute Gasteiger partial charge is 0.265 e. The molecule has 1 amide bonds. The van der Waals surface area contributed by atoms with Gasteiger partial charge in [-0.05, 0) is 36.1 Å². The minimum Gasteiger partial charge on any atom is -0.493 e. The summed E-state index contributed by atoms with van der Waals surface area (Å²) < 4.78 is 52.4. The molecule has 1 aliphatic carbocycles. The van der Waals surface area contributed by atoms with E-state index in [4.69, 9.17) is 23.1 Å². The molecule has 10 heteroatoms. The number of fused-ring (bicyclic) bond motifs is 1. The molecule has 0 unspecified atom stereocenters. The van der Waals surface area contributed by atoms with Crippen LogP contribution in [0.25, 0.3) is 0 Å². The van der Waals surface area contributed by atoms with Gasteiger partial charge in [0.1, 0.15) is 0 Å². The zero-order chi connectivity index (χ0) is 22.0. The third-order valence-corrected chi connectivity index (χ3v) is 7.72. The molecule has 3 heterocycles. The Morgan fingerprint density at radius 2 is 1.77 bits per heavy atom. The number of amides is 1. The standard InChI is InChI=1S/C21H27NO8S/c1-26-16-10-13-4-7-22-19(23)18(30-31(3,24)25)15-12-20(28-8-9-29-20)5-6-21(15,22)14(13)11-17(16)27-2/h10-11,15,18H,4-9,12H2,1-3H3/t15-,18+,21+/m1/s1. The van der Waals surface area contributed by atoms with Crippen LogP contribution in [-0.2, 0) is 40.5 Å². The van der Waals surface area contributed by atoms with E-state index < -0.39 is 33.5 Å². The number of hydrogen-bond donors (Lipinski definition) is 0. The molecule has 0 radical (unpaired) electrons. The molecule has 9 nitrogen and oxygen atoms in total. The number of methoxy groups -OCH3 is 2. The third-order valence-electron chi connectivity index (χ3n) is 7.16. The van der Waals surface area contributed by atoms with Gasteiger partial charge in [0.15, 0.2) is 23.4 Å². The molecule has 170 valence electrons. The lowest BCUT2D eigenvalue weighted by atomic mass is 9.64. The van der Waals surface area contributed by atoms with Crippen molar-refractivity contribution in [3.63, 3.8) is 0 Å². The maximum atomic E-state index is 13.5. The first-order chi connectivity index (χ1) is 14.7. The summed E-state index contributed by atoms with van der Waals surface area (Å²) in [6.07, 6.45) is 2.07. The molecule has 1 aromatic rings. The van der Waals surface area contributed by atoms with E-state index in [0.717, 1.165) is 17.4 Å². The Hall–Kier alpha value is -1.88. The predicted octanol–water partition coefficient (Wildman–Crippen LogP) is 1.19. The van der Waals surface area contributed by atoms with Crippen molar-refractivity contribution in [2.24, 2.45) is 5.92 Å². The lowest BCUT2D eigenvalue weighted by molar-refractivity contribution is -0.209. The van der Waals surface area contributed by atoms with E-state index in [2.05, 4.69) is 0 Å². The van der Waals surface area contributed by atoms with Crippen molar-refractivity contribution in [2.45, 2.75) is 43.1 Å². The monoisotopic (exact) mass is 453 g/mol. The molecule has 3 aliphatic heterocycles. The zero-order valence-corrected chi connectivity index (χ0v) is 18.7. The summed E-state index contributed by atoms with van der Waals surface area (Å²) in [5.74, 6) is -0.348.